The molecule has 2 aromatic rings. The summed E-state index contributed by atoms with van der Waals surface area (Å²) >= 11 is 6.02. The molecule has 0 amide bonds. The maximum absolute atomic E-state index is 6.16. The van der Waals surface area contributed by atoms with Crippen LogP contribution in [-0.4, -0.2) is 6.54 Å². The highest BCUT2D eigenvalue weighted by atomic mass is 35.5. The summed E-state index contributed by atoms with van der Waals surface area (Å²) in [6.07, 6.45) is 0. The molecule has 0 aliphatic carbocycles. The van der Waals surface area contributed by atoms with Crippen LogP contribution >= 0.6 is 11.6 Å². The van der Waals surface area contributed by atoms with Crippen molar-refractivity contribution in [2.45, 2.75) is 12.6 Å². The van der Waals surface area contributed by atoms with E-state index >= 15 is 0 Å². The lowest BCUT2D eigenvalue weighted by atomic mass is 10.1. The van der Waals surface area contributed by atoms with Crippen LogP contribution in [0.2, 0.25) is 5.02 Å². The monoisotopic (exact) mass is 258 g/mol. The van der Waals surface area contributed by atoms with E-state index in [-0.39, 0.29) is 6.04 Å². The van der Waals surface area contributed by atoms with Crippen LogP contribution in [0.15, 0.2) is 48.5 Å². The van der Waals surface area contributed by atoms with Gasteiger partial charge in [0.25, 0.3) is 0 Å². The average Bonchev–Trinajstić information content (AvgIpc) is 2.67. The quantitative estimate of drug-likeness (QED) is 0.895. The standard InChI is InChI=1S/C15H15ClN2/c16-12-6-7-15-13(8-12)14(17)10-18(15)9-11-4-2-1-3-5-11/h1-8,14H,9-10,17H2. The van der Waals surface area contributed by atoms with E-state index < -0.39 is 0 Å². The second-order valence-corrected chi connectivity index (χ2v) is 5.11. The van der Waals surface area contributed by atoms with Gasteiger partial charge in [0.1, 0.15) is 0 Å². The molecule has 1 aliphatic heterocycles. The van der Waals surface area contributed by atoms with Crippen molar-refractivity contribution in [2.75, 3.05) is 11.4 Å². The number of nitrogens with zero attached hydrogens (tertiary/aromatic N) is 1. The highest BCUT2D eigenvalue weighted by Gasteiger charge is 2.25. The van der Waals surface area contributed by atoms with Crippen molar-refractivity contribution in [1.82, 2.24) is 0 Å². The first-order valence-corrected chi connectivity index (χ1v) is 6.46. The summed E-state index contributed by atoms with van der Waals surface area (Å²) in [5.41, 5.74) is 9.81. The van der Waals surface area contributed by atoms with Gasteiger partial charge in [0, 0.05) is 29.8 Å². The van der Waals surface area contributed by atoms with Gasteiger partial charge in [-0.05, 0) is 29.3 Å². The van der Waals surface area contributed by atoms with E-state index in [4.69, 9.17) is 17.3 Å². The molecule has 0 saturated heterocycles. The fraction of sp³-hybridized carbons (Fsp3) is 0.200. The van der Waals surface area contributed by atoms with Gasteiger partial charge in [0.05, 0.1) is 0 Å². The van der Waals surface area contributed by atoms with E-state index in [0.29, 0.717) is 0 Å². The molecule has 1 heterocycles. The van der Waals surface area contributed by atoms with Gasteiger partial charge in [-0.1, -0.05) is 41.9 Å². The normalized spacial score (nSPS) is 17.9. The Morgan fingerprint density at radius 2 is 1.94 bits per heavy atom. The van der Waals surface area contributed by atoms with Gasteiger partial charge in [-0.15, -0.1) is 0 Å². The van der Waals surface area contributed by atoms with Gasteiger partial charge in [0.2, 0.25) is 0 Å². The fourth-order valence-corrected chi connectivity index (χ4v) is 2.68. The van der Waals surface area contributed by atoms with Crippen molar-refractivity contribution >= 4 is 17.3 Å². The number of benzene rings is 2. The third-order valence-corrected chi connectivity index (χ3v) is 3.60. The van der Waals surface area contributed by atoms with Crippen LogP contribution in [0.5, 0.6) is 0 Å². The molecule has 0 radical (unpaired) electrons. The number of hydrogen-bond acceptors (Lipinski definition) is 2. The zero-order valence-electron chi connectivity index (χ0n) is 10.0. The highest BCUT2D eigenvalue weighted by molar-refractivity contribution is 6.30. The lowest BCUT2D eigenvalue weighted by Gasteiger charge is -2.19. The molecule has 2 N–H and O–H groups in total. The molecule has 1 unspecified atom stereocenters. The van der Waals surface area contributed by atoms with Crippen LogP contribution in [0.3, 0.4) is 0 Å². The largest absolute Gasteiger partial charge is 0.365 e. The minimum absolute atomic E-state index is 0.0578. The molecular weight excluding hydrogens is 244 g/mol. The van der Waals surface area contributed by atoms with Crippen molar-refractivity contribution in [3.63, 3.8) is 0 Å². The smallest absolute Gasteiger partial charge is 0.0494 e. The molecule has 1 aliphatic rings. The van der Waals surface area contributed by atoms with Crippen molar-refractivity contribution in [2.24, 2.45) is 5.73 Å². The number of fused-ring (bicyclic) bond motifs is 1. The summed E-state index contributed by atoms with van der Waals surface area (Å²) in [7, 11) is 0. The Labute approximate surface area is 112 Å². The molecule has 92 valence electrons. The molecule has 3 rings (SSSR count). The molecule has 3 heteroatoms. The second kappa shape index (κ2) is 4.63. The SMILES string of the molecule is NC1CN(Cc2ccccc2)c2ccc(Cl)cc21. The van der Waals surface area contributed by atoms with Crippen LogP contribution in [0.4, 0.5) is 5.69 Å². The molecule has 0 spiro atoms. The van der Waals surface area contributed by atoms with Crippen molar-refractivity contribution in [3.05, 3.63) is 64.7 Å². The molecule has 2 aromatic carbocycles. The molecular formula is C15H15ClN2. The molecule has 0 aromatic heterocycles. The Bertz CT molecular complexity index is 554. The van der Waals surface area contributed by atoms with Crippen molar-refractivity contribution in [3.8, 4) is 0 Å². The molecule has 0 bridgehead atoms. The number of anilines is 1. The van der Waals surface area contributed by atoms with E-state index in [1.165, 1.54) is 11.3 Å². The number of hydrogen-bond donors (Lipinski definition) is 1. The van der Waals surface area contributed by atoms with Gasteiger partial charge in [-0.25, -0.2) is 0 Å². The van der Waals surface area contributed by atoms with Gasteiger partial charge >= 0.3 is 0 Å². The molecule has 0 saturated carbocycles. The maximum atomic E-state index is 6.16. The molecule has 0 fully saturated rings. The summed E-state index contributed by atoms with van der Waals surface area (Å²) < 4.78 is 0. The summed E-state index contributed by atoms with van der Waals surface area (Å²) in [5, 5.41) is 0.755. The van der Waals surface area contributed by atoms with Crippen LogP contribution < -0.4 is 10.6 Å². The van der Waals surface area contributed by atoms with Gasteiger partial charge in [-0.2, -0.15) is 0 Å². The first kappa shape index (κ1) is 11.6. The Morgan fingerprint density at radius 3 is 2.72 bits per heavy atom. The summed E-state index contributed by atoms with van der Waals surface area (Å²) in [4.78, 5) is 2.31. The van der Waals surface area contributed by atoms with Crippen molar-refractivity contribution in [1.29, 1.82) is 0 Å². The lowest BCUT2D eigenvalue weighted by Crippen LogP contribution is -2.23. The minimum Gasteiger partial charge on any atom is -0.365 e. The second-order valence-electron chi connectivity index (χ2n) is 4.68. The van der Waals surface area contributed by atoms with E-state index in [2.05, 4.69) is 35.2 Å². The van der Waals surface area contributed by atoms with Crippen LogP contribution in [0.25, 0.3) is 0 Å². The van der Waals surface area contributed by atoms with Crippen molar-refractivity contribution < 1.29 is 0 Å². The predicted octanol–water partition coefficient (Wildman–Crippen LogP) is 3.36. The highest BCUT2D eigenvalue weighted by Crippen LogP contribution is 2.36. The lowest BCUT2D eigenvalue weighted by molar-refractivity contribution is 0.720. The first-order valence-electron chi connectivity index (χ1n) is 6.08. The third kappa shape index (κ3) is 2.09. The zero-order valence-corrected chi connectivity index (χ0v) is 10.8. The van der Waals surface area contributed by atoms with Gasteiger partial charge < -0.3 is 10.6 Å². The Kier molecular flexibility index (Phi) is 2.98. The van der Waals surface area contributed by atoms with Crippen LogP contribution in [0.1, 0.15) is 17.2 Å². The van der Waals surface area contributed by atoms with E-state index in [0.717, 1.165) is 23.7 Å². The van der Waals surface area contributed by atoms with Crippen LogP contribution in [-0.2, 0) is 6.54 Å². The van der Waals surface area contributed by atoms with Gasteiger partial charge in [0.15, 0.2) is 0 Å². The average molecular weight is 259 g/mol. The van der Waals surface area contributed by atoms with E-state index in [9.17, 15) is 0 Å². The Balaban J connectivity index is 1.89. The third-order valence-electron chi connectivity index (χ3n) is 3.36. The maximum Gasteiger partial charge on any atom is 0.0494 e. The zero-order chi connectivity index (χ0) is 12.5. The summed E-state index contributed by atoms with van der Waals surface area (Å²) in [6, 6.07) is 16.5. The minimum atomic E-state index is 0.0578. The number of halogens is 1. The summed E-state index contributed by atoms with van der Waals surface area (Å²) in [5.74, 6) is 0. The summed E-state index contributed by atoms with van der Waals surface area (Å²) in [6.45, 7) is 1.74. The topological polar surface area (TPSA) is 29.3 Å². The molecule has 1 atom stereocenters. The van der Waals surface area contributed by atoms with Crippen LogP contribution in [0, 0.1) is 0 Å². The van der Waals surface area contributed by atoms with E-state index in [1.54, 1.807) is 0 Å². The van der Waals surface area contributed by atoms with Gasteiger partial charge in [-0.3, -0.25) is 0 Å². The Morgan fingerprint density at radius 1 is 1.17 bits per heavy atom. The first-order chi connectivity index (χ1) is 8.74. The molecule has 18 heavy (non-hydrogen) atoms. The fourth-order valence-electron chi connectivity index (χ4n) is 2.50. The Hall–Kier alpha value is -1.51. The molecule has 2 nitrogen and oxygen atoms in total. The number of nitrogens with two attached hydrogens (primary N) is 1. The number of rotatable bonds is 2. The predicted molar refractivity (Wildman–Crippen MR) is 75.9 cm³/mol. The van der Waals surface area contributed by atoms with E-state index in [1.807, 2.05) is 18.2 Å².